The van der Waals surface area contributed by atoms with Gasteiger partial charge in [0.1, 0.15) is 5.69 Å². The number of amides is 6. The van der Waals surface area contributed by atoms with Gasteiger partial charge >= 0.3 is 6.03 Å². The molecular weight excluding hydrogens is 899 g/mol. The molecule has 1 aliphatic carbocycles. The second-order valence-corrected chi connectivity index (χ2v) is 20.1. The number of benzene rings is 3. The molecule has 15 nitrogen and oxygen atoms in total. The summed E-state index contributed by atoms with van der Waals surface area (Å²) in [7, 11) is 3.35. The highest BCUT2D eigenvalue weighted by Gasteiger charge is 2.47. The average Bonchev–Trinajstić information content (AvgIpc) is 4.05. The summed E-state index contributed by atoms with van der Waals surface area (Å²) in [6.45, 7) is 7.83. The van der Waals surface area contributed by atoms with Gasteiger partial charge in [-0.1, -0.05) is 29.8 Å². The minimum atomic E-state index is -0.533. The van der Waals surface area contributed by atoms with Gasteiger partial charge in [0.05, 0.1) is 16.2 Å². The number of hydrogen-bond acceptors (Lipinski definition) is 8. The molecule has 69 heavy (non-hydrogen) atoms. The van der Waals surface area contributed by atoms with Crippen LogP contribution in [0.4, 0.5) is 20.6 Å². The van der Waals surface area contributed by atoms with Crippen LogP contribution in [-0.2, 0) is 16.1 Å². The van der Waals surface area contributed by atoms with Crippen LogP contribution in [0.25, 0.3) is 27.6 Å². The zero-order valence-corrected chi connectivity index (χ0v) is 39.9. The maximum Gasteiger partial charge on any atom is 0.328 e. The van der Waals surface area contributed by atoms with E-state index in [1.807, 2.05) is 29.3 Å². The van der Waals surface area contributed by atoms with Gasteiger partial charge in [-0.05, 0) is 103 Å². The van der Waals surface area contributed by atoms with Crippen molar-refractivity contribution in [1.29, 1.82) is 0 Å². The number of urea groups is 1. The monoisotopic (exact) mass is 956 g/mol. The molecule has 10 rings (SSSR count). The number of aryl methyl sites for hydroxylation is 1. The van der Waals surface area contributed by atoms with E-state index in [0.29, 0.717) is 71.3 Å². The van der Waals surface area contributed by atoms with Crippen molar-refractivity contribution >= 4 is 69.1 Å². The molecule has 1 saturated carbocycles. The maximum absolute atomic E-state index is 16.7. The maximum atomic E-state index is 16.7. The molecule has 1 spiro atoms. The van der Waals surface area contributed by atoms with Crippen molar-refractivity contribution in [2.75, 3.05) is 89.3 Å². The van der Waals surface area contributed by atoms with Crippen molar-refractivity contribution in [1.82, 2.24) is 39.7 Å². The highest BCUT2D eigenvalue weighted by Crippen LogP contribution is 2.47. The Balaban J connectivity index is 0.745. The molecule has 4 aliphatic heterocycles. The molecule has 2 aromatic heterocycles. The topological polar surface area (TPSA) is 150 Å². The fourth-order valence-corrected chi connectivity index (χ4v) is 11.2. The minimum Gasteiger partial charge on any atom is -0.369 e. The van der Waals surface area contributed by atoms with Crippen LogP contribution in [0, 0.1) is 17.2 Å². The summed E-state index contributed by atoms with van der Waals surface area (Å²) < 4.78 is 18.4. The number of hydrogen-bond donors (Lipinski definition) is 2. The van der Waals surface area contributed by atoms with Crippen molar-refractivity contribution in [3.8, 4) is 11.1 Å². The summed E-state index contributed by atoms with van der Waals surface area (Å²) >= 11 is 6.44. The molecule has 5 aromatic rings. The van der Waals surface area contributed by atoms with Gasteiger partial charge in [0.2, 0.25) is 11.8 Å². The number of fused-ring (bicyclic) bond motifs is 1. The molecule has 3 aromatic carbocycles. The first-order chi connectivity index (χ1) is 33.3. The Morgan fingerprint density at radius 1 is 0.913 bits per heavy atom. The molecule has 360 valence electrons. The molecule has 4 fully saturated rings. The number of nitrogens with zero attached hydrogens (tertiary/aromatic N) is 8. The second-order valence-electron chi connectivity index (χ2n) is 19.7. The lowest BCUT2D eigenvalue weighted by Gasteiger charge is -2.54. The number of anilines is 2. The molecule has 17 heteroatoms. The molecule has 2 N–H and O–H groups in total. The van der Waals surface area contributed by atoms with E-state index in [9.17, 15) is 24.0 Å². The van der Waals surface area contributed by atoms with Crippen LogP contribution < -0.4 is 15.1 Å². The van der Waals surface area contributed by atoms with Crippen LogP contribution >= 0.6 is 11.6 Å². The van der Waals surface area contributed by atoms with E-state index in [0.717, 1.165) is 93.9 Å². The summed E-state index contributed by atoms with van der Waals surface area (Å²) in [5.74, 6) is -0.464. The van der Waals surface area contributed by atoms with Gasteiger partial charge in [0.15, 0.2) is 5.82 Å². The van der Waals surface area contributed by atoms with Crippen molar-refractivity contribution in [2.45, 2.75) is 51.5 Å². The number of aromatic amines is 1. The van der Waals surface area contributed by atoms with E-state index in [-0.39, 0.29) is 47.5 Å². The predicted molar refractivity (Wildman–Crippen MR) is 264 cm³/mol. The number of likely N-dealkylation sites (tertiary alicyclic amines) is 1. The summed E-state index contributed by atoms with van der Waals surface area (Å²) in [6.07, 6.45) is 11.1. The Bertz CT molecular complexity index is 2820. The van der Waals surface area contributed by atoms with Gasteiger partial charge in [-0.2, -0.15) is 5.10 Å². The Labute approximate surface area is 405 Å². The number of halogens is 2. The Morgan fingerprint density at radius 3 is 2.39 bits per heavy atom. The minimum absolute atomic E-state index is 0.00584. The number of piperazine rings is 1. The zero-order chi connectivity index (χ0) is 48.0. The van der Waals surface area contributed by atoms with Gasteiger partial charge in [-0.15, -0.1) is 0 Å². The number of carbonyl (C=O) groups excluding carboxylic acids is 5. The van der Waals surface area contributed by atoms with Crippen LogP contribution in [0.15, 0.2) is 79.1 Å². The van der Waals surface area contributed by atoms with Crippen LogP contribution in [0.3, 0.4) is 0 Å². The van der Waals surface area contributed by atoms with Crippen LogP contribution in [0.5, 0.6) is 0 Å². The van der Waals surface area contributed by atoms with E-state index in [2.05, 4.69) is 49.5 Å². The van der Waals surface area contributed by atoms with Gasteiger partial charge in [-0.25, -0.2) is 9.18 Å². The summed E-state index contributed by atoms with van der Waals surface area (Å²) in [5.41, 5.74) is 5.66. The summed E-state index contributed by atoms with van der Waals surface area (Å²) in [4.78, 5) is 78.8. The zero-order valence-electron chi connectivity index (χ0n) is 39.2. The van der Waals surface area contributed by atoms with E-state index in [1.165, 1.54) is 9.80 Å². The molecule has 0 bridgehead atoms. The molecular formula is C52H58ClFN10O5. The number of imide groups is 1. The molecule has 5 aliphatic rings. The number of H-pyrrole nitrogens is 1. The van der Waals surface area contributed by atoms with Crippen LogP contribution in [-0.4, -0.2) is 144 Å². The van der Waals surface area contributed by atoms with E-state index < -0.39 is 11.8 Å². The van der Waals surface area contributed by atoms with Crippen LogP contribution in [0.2, 0.25) is 5.02 Å². The first-order valence-electron chi connectivity index (χ1n) is 24.1. The van der Waals surface area contributed by atoms with Gasteiger partial charge in [-0.3, -0.25) is 39.0 Å². The quantitative estimate of drug-likeness (QED) is 0.142. The number of nitrogens with one attached hydrogen (secondary N) is 2. The first kappa shape index (κ1) is 46.2. The van der Waals surface area contributed by atoms with Crippen molar-refractivity contribution in [3.05, 3.63) is 107 Å². The lowest BCUT2D eigenvalue weighted by atomic mass is 9.65. The molecule has 3 saturated heterocycles. The van der Waals surface area contributed by atoms with Crippen molar-refractivity contribution < 1.29 is 28.4 Å². The standard InChI is InChI=1S/C52H58ClFN10O5/c1-58(2)50(68)43-29-41-39(28-40(47(54)48(41)56-43)37-5-3-19-61(31-37)46(66)15-21-63-20-4-18-55-63)35-6-9-38(10-7-35)60-25-23-59(24-26-60)30-34-12-16-52(17-13-34)32-62(33-52)49(67)36-8-11-42(53)44(27-36)64-22-14-45(65)57-51(64)69/h4-11,18,20,27-29,34,56H,3,12-17,19,21-26,30-33H2,1-2H3,(H,57,65,69). The summed E-state index contributed by atoms with van der Waals surface area (Å²) in [5, 5.41) is 7.52. The molecule has 0 unspecified atom stereocenters. The lowest BCUT2D eigenvalue weighted by Crippen LogP contribution is -2.59. The van der Waals surface area contributed by atoms with Crippen molar-refractivity contribution in [3.63, 3.8) is 0 Å². The third-order valence-corrected chi connectivity index (χ3v) is 15.2. The average molecular weight is 958 g/mol. The van der Waals surface area contributed by atoms with Crippen LogP contribution in [0.1, 0.15) is 71.4 Å². The van der Waals surface area contributed by atoms with E-state index in [1.54, 1.807) is 54.1 Å². The van der Waals surface area contributed by atoms with Gasteiger partial charge in [0, 0.05) is 139 Å². The first-order valence-corrected chi connectivity index (χ1v) is 24.5. The Kier molecular flexibility index (Phi) is 12.8. The summed E-state index contributed by atoms with van der Waals surface area (Å²) in [6, 6.07) is 18.4. The lowest BCUT2D eigenvalue weighted by molar-refractivity contribution is -0.131. The molecule has 0 atom stereocenters. The number of aromatic nitrogens is 3. The Morgan fingerprint density at radius 2 is 1.68 bits per heavy atom. The fraction of sp³-hybridized carbons (Fsp3) is 0.423. The van der Waals surface area contributed by atoms with Gasteiger partial charge < -0.3 is 24.6 Å². The molecule has 6 amide bonds. The largest absolute Gasteiger partial charge is 0.369 e. The highest BCUT2D eigenvalue weighted by atomic mass is 35.5. The van der Waals surface area contributed by atoms with E-state index in [4.69, 9.17) is 11.6 Å². The fourth-order valence-electron chi connectivity index (χ4n) is 11.0. The smallest absolute Gasteiger partial charge is 0.328 e. The van der Waals surface area contributed by atoms with Gasteiger partial charge in [0.25, 0.3) is 11.8 Å². The molecule has 0 radical (unpaired) electrons. The third kappa shape index (κ3) is 9.48. The number of carbonyl (C=O) groups is 5. The second kappa shape index (κ2) is 19.1. The Hall–Kier alpha value is -6.52. The predicted octanol–water partition coefficient (Wildman–Crippen LogP) is 7.13. The third-order valence-electron chi connectivity index (χ3n) is 14.9. The van der Waals surface area contributed by atoms with E-state index >= 15 is 4.39 Å². The van der Waals surface area contributed by atoms with Crippen molar-refractivity contribution in [2.24, 2.45) is 11.3 Å². The normalized spacial score (nSPS) is 18.9. The SMILES string of the molecule is CN(C)C(=O)c1cc2c(-c3ccc(N4CCN(CC5CCC6(CC5)CN(C(=O)c5ccc(Cl)c(N7CCC(=O)NC7=O)c5)C6)CC4)cc3)cc(C3=CCCN(C(=O)CCn4cccn4)C3)c(F)c2[nH]1. The molecule has 6 heterocycles. The number of rotatable bonds is 11. The highest BCUT2D eigenvalue weighted by molar-refractivity contribution is 6.34.